The molecule has 0 spiro atoms. The predicted molar refractivity (Wildman–Crippen MR) is 69.3 cm³/mol. The van der Waals surface area contributed by atoms with Crippen LogP contribution in [0.5, 0.6) is 0 Å². The number of carbonyl (C=O) groups excluding carboxylic acids is 1. The lowest BCUT2D eigenvalue weighted by atomic mass is 10.1. The van der Waals surface area contributed by atoms with E-state index >= 15 is 0 Å². The molecular formula is C11H15N3O3S. The summed E-state index contributed by atoms with van der Waals surface area (Å²) in [6.45, 7) is 1.88. The van der Waals surface area contributed by atoms with Gasteiger partial charge in [-0.2, -0.15) is 0 Å². The zero-order valence-electron chi connectivity index (χ0n) is 10.2. The third-order valence-electron chi connectivity index (χ3n) is 2.69. The van der Waals surface area contributed by atoms with Crippen molar-refractivity contribution in [1.29, 1.82) is 0 Å². The van der Waals surface area contributed by atoms with E-state index in [9.17, 15) is 13.2 Å². The minimum atomic E-state index is -3.07. The van der Waals surface area contributed by atoms with E-state index in [0.717, 1.165) is 11.8 Å². The van der Waals surface area contributed by atoms with Gasteiger partial charge in [0.1, 0.15) is 21.7 Å². The predicted octanol–water partition coefficient (Wildman–Crippen LogP) is 0.557. The molecule has 0 fully saturated rings. The summed E-state index contributed by atoms with van der Waals surface area (Å²) in [4.78, 5) is 16.0. The molecule has 2 N–H and O–H groups in total. The number of nitrogens with one attached hydrogen (secondary N) is 2. The Morgan fingerprint density at radius 1 is 1.44 bits per heavy atom. The number of anilines is 2. The third-order valence-corrected chi connectivity index (χ3v) is 3.66. The van der Waals surface area contributed by atoms with Crippen molar-refractivity contribution < 1.29 is 13.2 Å². The molecule has 1 aliphatic heterocycles. The van der Waals surface area contributed by atoms with Crippen LogP contribution < -0.4 is 10.6 Å². The molecule has 0 bridgehead atoms. The van der Waals surface area contributed by atoms with Crippen molar-refractivity contribution in [1.82, 2.24) is 4.98 Å². The van der Waals surface area contributed by atoms with Crippen molar-refractivity contribution in [3.63, 3.8) is 0 Å². The smallest absolute Gasteiger partial charge is 0.247 e. The van der Waals surface area contributed by atoms with Crippen molar-refractivity contribution in [2.24, 2.45) is 0 Å². The standard InChI is InChI=1S/C11H15N3O3S/c1-7-5-9-10(12-6-7)13-8(11(15)14-9)3-4-18(2,16)17/h5-6,8H,3-4H2,1-2H3,(H,12,13)(H,14,15). The minimum Gasteiger partial charge on any atom is -0.357 e. The summed E-state index contributed by atoms with van der Waals surface area (Å²) in [6.07, 6.45) is 3.08. The molecule has 6 nitrogen and oxygen atoms in total. The maximum atomic E-state index is 11.8. The van der Waals surface area contributed by atoms with E-state index in [1.54, 1.807) is 6.20 Å². The number of sulfone groups is 1. The molecule has 1 atom stereocenters. The van der Waals surface area contributed by atoms with Gasteiger partial charge in [-0.3, -0.25) is 4.79 Å². The third kappa shape index (κ3) is 2.98. The quantitative estimate of drug-likeness (QED) is 0.837. The number of carbonyl (C=O) groups is 1. The second-order valence-corrected chi connectivity index (χ2v) is 6.77. The summed E-state index contributed by atoms with van der Waals surface area (Å²) >= 11 is 0. The average molecular weight is 269 g/mol. The number of fused-ring (bicyclic) bond motifs is 1. The lowest BCUT2D eigenvalue weighted by Crippen LogP contribution is -2.40. The summed E-state index contributed by atoms with van der Waals surface area (Å²) in [5.74, 6) is 0.330. The van der Waals surface area contributed by atoms with E-state index in [1.807, 2.05) is 13.0 Å². The zero-order valence-corrected chi connectivity index (χ0v) is 11.0. The van der Waals surface area contributed by atoms with E-state index in [4.69, 9.17) is 0 Å². The maximum Gasteiger partial charge on any atom is 0.247 e. The van der Waals surface area contributed by atoms with Gasteiger partial charge in [0, 0.05) is 12.5 Å². The fourth-order valence-corrected chi connectivity index (χ4v) is 2.43. The van der Waals surface area contributed by atoms with Crippen LogP contribution in [-0.4, -0.2) is 37.4 Å². The Labute approximate surface area is 106 Å². The van der Waals surface area contributed by atoms with Crippen molar-refractivity contribution >= 4 is 27.2 Å². The van der Waals surface area contributed by atoms with Crippen LogP contribution in [0, 0.1) is 6.92 Å². The number of rotatable bonds is 3. The molecule has 2 rings (SSSR count). The van der Waals surface area contributed by atoms with Gasteiger partial charge in [-0.15, -0.1) is 0 Å². The fourth-order valence-electron chi connectivity index (χ4n) is 1.77. The summed E-state index contributed by atoms with van der Waals surface area (Å²) in [7, 11) is -3.07. The van der Waals surface area contributed by atoms with Gasteiger partial charge in [0.25, 0.3) is 0 Å². The Bertz CT molecular complexity index is 583. The molecule has 98 valence electrons. The summed E-state index contributed by atoms with van der Waals surface area (Å²) in [6, 6.07) is 1.27. The second-order valence-electron chi connectivity index (χ2n) is 4.51. The Balaban J connectivity index is 2.13. The lowest BCUT2D eigenvalue weighted by molar-refractivity contribution is -0.117. The van der Waals surface area contributed by atoms with Gasteiger partial charge in [-0.05, 0) is 25.0 Å². The number of pyridine rings is 1. The normalized spacial score (nSPS) is 18.8. The van der Waals surface area contributed by atoms with Gasteiger partial charge < -0.3 is 10.6 Å². The number of amides is 1. The highest BCUT2D eigenvalue weighted by molar-refractivity contribution is 7.90. The molecule has 1 amide bonds. The van der Waals surface area contributed by atoms with Crippen LogP contribution in [0.4, 0.5) is 11.5 Å². The fraction of sp³-hybridized carbons (Fsp3) is 0.455. The maximum absolute atomic E-state index is 11.8. The molecule has 7 heteroatoms. The van der Waals surface area contributed by atoms with Crippen LogP contribution in [0.1, 0.15) is 12.0 Å². The molecular weight excluding hydrogens is 254 g/mol. The van der Waals surface area contributed by atoms with Crippen LogP contribution in [0.2, 0.25) is 0 Å². The van der Waals surface area contributed by atoms with Crippen LogP contribution in [0.3, 0.4) is 0 Å². The van der Waals surface area contributed by atoms with E-state index in [2.05, 4.69) is 15.6 Å². The average Bonchev–Trinajstić information content (AvgIpc) is 2.25. The van der Waals surface area contributed by atoms with Crippen molar-refractivity contribution in [2.45, 2.75) is 19.4 Å². The van der Waals surface area contributed by atoms with Crippen molar-refractivity contribution in [2.75, 3.05) is 22.6 Å². The molecule has 0 saturated carbocycles. The van der Waals surface area contributed by atoms with E-state index in [1.165, 1.54) is 0 Å². The van der Waals surface area contributed by atoms with Gasteiger partial charge in [-0.25, -0.2) is 13.4 Å². The molecule has 0 aromatic carbocycles. The molecule has 0 saturated heterocycles. The molecule has 1 unspecified atom stereocenters. The van der Waals surface area contributed by atoms with Crippen LogP contribution >= 0.6 is 0 Å². The Hall–Kier alpha value is -1.63. The highest BCUT2D eigenvalue weighted by Crippen LogP contribution is 2.25. The Kier molecular flexibility index (Phi) is 3.25. The van der Waals surface area contributed by atoms with Crippen molar-refractivity contribution in [3.8, 4) is 0 Å². The number of hydrogen-bond acceptors (Lipinski definition) is 5. The second kappa shape index (κ2) is 4.56. The van der Waals surface area contributed by atoms with Crippen molar-refractivity contribution in [3.05, 3.63) is 17.8 Å². The molecule has 0 radical (unpaired) electrons. The minimum absolute atomic E-state index is 0.0285. The largest absolute Gasteiger partial charge is 0.357 e. The van der Waals surface area contributed by atoms with E-state index in [-0.39, 0.29) is 18.1 Å². The first-order valence-corrected chi connectivity index (χ1v) is 7.63. The topological polar surface area (TPSA) is 88.2 Å². The summed E-state index contributed by atoms with van der Waals surface area (Å²) < 4.78 is 22.2. The highest BCUT2D eigenvalue weighted by Gasteiger charge is 2.26. The molecule has 2 heterocycles. The summed E-state index contributed by atoms with van der Waals surface area (Å²) in [5.41, 5.74) is 1.58. The first kappa shape index (κ1) is 12.8. The monoisotopic (exact) mass is 269 g/mol. The number of aryl methyl sites for hydroxylation is 1. The number of aromatic nitrogens is 1. The first-order chi connectivity index (χ1) is 8.35. The molecule has 1 aromatic heterocycles. The van der Waals surface area contributed by atoms with Gasteiger partial charge in [0.05, 0.1) is 11.4 Å². The van der Waals surface area contributed by atoms with Gasteiger partial charge >= 0.3 is 0 Å². The number of hydrogen-bond donors (Lipinski definition) is 2. The number of nitrogens with zero attached hydrogens (tertiary/aromatic N) is 1. The van der Waals surface area contributed by atoms with Crippen LogP contribution in [0.15, 0.2) is 12.3 Å². The van der Waals surface area contributed by atoms with E-state index < -0.39 is 15.9 Å². The van der Waals surface area contributed by atoms with Gasteiger partial charge in [-0.1, -0.05) is 0 Å². The highest BCUT2D eigenvalue weighted by atomic mass is 32.2. The molecule has 1 aliphatic rings. The zero-order chi connectivity index (χ0) is 13.3. The summed E-state index contributed by atoms with van der Waals surface area (Å²) in [5, 5.41) is 5.69. The molecule has 1 aromatic rings. The molecule has 18 heavy (non-hydrogen) atoms. The SMILES string of the molecule is Cc1cnc2c(c1)NC(=O)C(CCS(C)(=O)=O)N2. The molecule has 0 aliphatic carbocycles. The van der Waals surface area contributed by atoms with Gasteiger partial charge in [0.2, 0.25) is 5.91 Å². The lowest BCUT2D eigenvalue weighted by Gasteiger charge is -2.25. The Morgan fingerprint density at radius 2 is 2.17 bits per heavy atom. The van der Waals surface area contributed by atoms with Crippen LogP contribution in [0.25, 0.3) is 0 Å². The van der Waals surface area contributed by atoms with E-state index in [0.29, 0.717) is 11.5 Å². The Morgan fingerprint density at radius 3 is 2.83 bits per heavy atom. The first-order valence-electron chi connectivity index (χ1n) is 5.57. The van der Waals surface area contributed by atoms with Crippen LogP contribution in [-0.2, 0) is 14.6 Å². The van der Waals surface area contributed by atoms with Gasteiger partial charge in [0.15, 0.2) is 0 Å².